The summed E-state index contributed by atoms with van der Waals surface area (Å²) in [7, 11) is 0. The fraction of sp³-hybridized carbons (Fsp3) is 0.250. The van der Waals surface area contributed by atoms with Crippen LogP contribution in [0, 0.1) is 6.92 Å². The highest BCUT2D eigenvalue weighted by molar-refractivity contribution is 7.08. The second-order valence-electron chi connectivity index (χ2n) is 6.80. The van der Waals surface area contributed by atoms with Gasteiger partial charge in [-0.15, -0.1) is 0 Å². The number of anilines is 1. The van der Waals surface area contributed by atoms with Crippen molar-refractivity contribution in [3.63, 3.8) is 0 Å². The molecule has 1 aliphatic rings. The number of nitrogens with one attached hydrogen (secondary N) is 1. The number of pyridine rings is 1. The van der Waals surface area contributed by atoms with E-state index in [4.69, 9.17) is 0 Å². The first-order chi connectivity index (χ1) is 13.3. The molecular formula is C20H16F3N3OS. The summed E-state index contributed by atoms with van der Waals surface area (Å²) >= 11 is 1.08. The quantitative estimate of drug-likeness (QED) is 0.611. The van der Waals surface area contributed by atoms with Gasteiger partial charge in [-0.2, -0.15) is 17.5 Å². The topological polar surface area (TPSA) is 54.9 Å². The number of carbonyl (C=O) groups is 1. The minimum Gasteiger partial charge on any atom is -0.321 e. The molecule has 0 atom stereocenters. The second-order valence-corrected chi connectivity index (χ2v) is 7.57. The van der Waals surface area contributed by atoms with Crippen LogP contribution in [0.5, 0.6) is 0 Å². The molecule has 1 aromatic carbocycles. The molecule has 0 radical (unpaired) electrons. The Morgan fingerprint density at radius 3 is 2.68 bits per heavy atom. The Hall–Kier alpha value is -2.74. The van der Waals surface area contributed by atoms with Crippen molar-refractivity contribution in [2.24, 2.45) is 0 Å². The van der Waals surface area contributed by atoms with E-state index >= 15 is 0 Å². The minimum atomic E-state index is -4.57. The van der Waals surface area contributed by atoms with E-state index in [-0.39, 0.29) is 11.6 Å². The molecule has 0 saturated heterocycles. The number of hydrogen-bond acceptors (Lipinski definition) is 4. The van der Waals surface area contributed by atoms with Crippen molar-refractivity contribution < 1.29 is 18.0 Å². The highest BCUT2D eigenvalue weighted by Gasteiger charge is 2.35. The molecule has 0 spiro atoms. The first-order valence-electron chi connectivity index (χ1n) is 8.74. The third kappa shape index (κ3) is 3.77. The zero-order valence-electron chi connectivity index (χ0n) is 14.9. The number of aryl methyl sites for hydroxylation is 1. The summed E-state index contributed by atoms with van der Waals surface area (Å²) in [5.74, 6) is -0.184. The summed E-state index contributed by atoms with van der Waals surface area (Å²) in [6.45, 7) is 1.99. The Balaban J connectivity index is 1.66. The van der Waals surface area contributed by atoms with Gasteiger partial charge in [0, 0.05) is 23.0 Å². The van der Waals surface area contributed by atoms with Gasteiger partial charge >= 0.3 is 6.18 Å². The monoisotopic (exact) mass is 403 g/mol. The van der Waals surface area contributed by atoms with Crippen molar-refractivity contribution in [3.8, 4) is 11.3 Å². The summed E-state index contributed by atoms with van der Waals surface area (Å²) < 4.78 is 43.0. The van der Waals surface area contributed by atoms with Crippen LogP contribution in [0.2, 0.25) is 0 Å². The summed E-state index contributed by atoms with van der Waals surface area (Å²) in [6.07, 6.45) is -1.58. The second kappa shape index (κ2) is 7.01. The normalized spacial score (nSPS) is 14.1. The van der Waals surface area contributed by atoms with Gasteiger partial charge in [-0.3, -0.25) is 9.78 Å². The molecule has 0 unspecified atom stereocenters. The largest absolute Gasteiger partial charge is 0.433 e. The molecule has 1 N–H and O–H groups in total. The van der Waals surface area contributed by atoms with E-state index in [1.54, 1.807) is 0 Å². The van der Waals surface area contributed by atoms with Crippen LogP contribution in [0.1, 0.15) is 45.3 Å². The lowest BCUT2D eigenvalue weighted by atomic mass is 10.0. The molecule has 4 rings (SSSR count). The zero-order chi connectivity index (χ0) is 19.9. The van der Waals surface area contributed by atoms with Crippen LogP contribution in [0.25, 0.3) is 11.3 Å². The van der Waals surface area contributed by atoms with Gasteiger partial charge in [-0.25, -0.2) is 0 Å². The van der Waals surface area contributed by atoms with E-state index in [1.807, 2.05) is 31.2 Å². The van der Waals surface area contributed by atoms with Gasteiger partial charge in [0.15, 0.2) is 0 Å². The molecule has 1 amide bonds. The highest BCUT2D eigenvalue weighted by Crippen LogP contribution is 2.47. The van der Waals surface area contributed by atoms with Gasteiger partial charge in [0.25, 0.3) is 5.91 Å². The van der Waals surface area contributed by atoms with Gasteiger partial charge in [0.1, 0.15) is 10.6 Å². The van der Waals surface area contributed by atoms with Crippen molar-refractivity contribution in [2.75, 3.05) is 5.32 Å². The molecule has 2 heterocycles. The average Bonchev–Trinajstić information content (AvgIpc) is 3.39. The Bertz CT molecular complexity index is 1040. The Morgan fingerprint density at radius 2 is 2.00 bits per heavy atom. The van der Waals surface area contributed by atoms with Gasteiger partial charge < -0.3 is 5.32 Å². The predicted molar refractivity (Wildman–Crippen MR) is 101 cm³/mol. The van der Waals surface area contributed by atoms with Crippen molar-refractivity contribution in [1.82, 2.24) is 9.36 Å². The number of halogens is 3. The molecular weight excluding hydrogens is 387 g/mol. The van der Waals surface area contributed by atoms with Crippen LogP contribution in [0.15, 0.2) is 42.6 Å². The molecule has 3 aromatic rings. The molecule has 144 valence electrons. The number of nitrogens with zero attached hydrogens (tertiary/aromatic N) is 2. The molecule has 0 aliphatic heterocycles. The van der Waals surface area contributed by atoms with Crippen LogP contribution in [0.3, 0.4) is 0 Å². The average molecular weight is 403 g/mol. The summed E-state index contributed by atoms with van der Waals surface area (Å²) in [5, 5.41) is 2.56. The predicted octanol–water partition coefficient (Wildman–Crippen LogP) is 5.66. The molecule has 4 nitrogen and oxygen atoms in total. The number of carbonyl (C=O) groups excluding carboxylic acids is 1. The smallest absolute Gasteiger partial charge is 0.321 e. The fourth-order valence-electron chi connectivity index (χ4n) is 3.06. The van der Waals surface area contributed by atoms with Crippen molar-refractivity contribution >= 4 is 23.1 Å². The molecule has 1 saturated carbocycles. The number of alkyl halides is 3. The van der Waals surface area contributed by atoms with E-state index in [0.29, 0.717) is 4.88 Å². The molecule has 8 heteroatoms. The maximum Gasteiger partial charge on any atom is 0.433 e. The van der Waals surface area contributed by atoms with Crippen molar-refractivity contribution in [3.05, 3.63) is 64.3 Å². The van der Waals surface area contributed by atoms with Crippen LogP contribution in [0.4, 0.5) is 18.9 Å². The molecule has 1 fully saturated rings. The number of benzene rings is 1. The lowest BCUT2D eigenvalue weighted by molar-refractivity contribution is -0.141. The summed E-state index contributed by atoms with van der Waals surface area (Å²) in [5.41, 5.74) is 2.72. The molecule has 0 bridgehead atoms. The molecule has 28 heavy (non-hydrogen) atoms. The number of amides is 1. The van der Waals surface area contributed by atoms with Gasteiger partial charge in [-0.05, 0) is 55.4 Å². The summed E-state index contributed by atoms with van der Waals surface area (Å²) in [4.78, 5) is 16.6. The minimum absolute atomic E-state index is 0.0552. The van der Waals surface area contributed by atoms with E-state index in [1.165, 1.54) is 6.07 Å². The third-order valence-corrected chi connectivity index (χ3v) is 5.38. The van der Waals surface area contributed by atoms with Crippen molar-refractivity contribution in [2.45, 2.75) is 31.9 Å². The van der Waals surface area contributed by atoms with Crippen molar-refractivity contribution in [1.29, 1.82) is 0 Å². The van der Waals surface area contributed by atoms with E-state index < -0.39 is 17.8 Å². The zero-order valence-corrected chi connectivity index (χ0v) is 15.7. The van der Waals surface area contributed by atoms with Crippen LogP contribution >= 0.6 is 11.5 Å². The number of rotatable bonds is 4. The Morgan fingerprint density at radius 1 is 1.21 bits per heavy atom. The van der Waals surface area contributed by atoms with Gasteiger partial charge in [-0.1, -0.05) is 23.8 Å². The number of aromatic nitrogens is 2. The number of hydrogen-bond donors (Lipinski definition) is 1. The Labute approximate surface area is 163 Å². The van der Waals surface area contributed by atoms with E-state index in [2.05, 4.69) is 14.7 Å². The summed E-state index contributed by atoms with van der Waals surface area (Å²) in [6, 6.07) is 10.1. The van der Waals surface area contributed by atoms with Gasteiger partial charge in [0.2, 0.25) is 0 Å². The van der Waals surface area contributed by atoms with Crippen LogP contribution in [-0.4, -0.2) is 15.3 Å². The maximum atomic E-state index is 12.8. The SMILES string of the molecule is Cc1cccc(-c2nsc(C(=O)Nc3ccnc(C(F)(F)F)c3)c2C2CC2)c1. The molecule has 2 aromatic heterocycles. The third-order valence-electron chi connectivity index (χ3n) is 4.52. The first kappa shape index (κ1) is 18.6. The lowest BCUT2D eigenvalue weighted by Crippen LogP contribution is -2.14. The van der Waals surface area contributed by atoms with Gasteiger partial charge in [0.05, 0.1) is 5.69 Å². The highest BCUT2D eigenvalue weighted by atomic mass is 32.1. The van der Waals surface area contributed by atoms with E-state index in [0.717, 1.165) is 59.0 Å². The van der Waals surface area contributed by atoms with Crippen LogP contribution in [-0.2, 0) is 6.18 Å². The maximum absolute atomic E-state index is 12.8. The van der Waals surface area contributed by atoms with Crippen LogP contribution < -0.4 is 5.32 Å². The Kier molecular flexibility index (Phi) is 4.66. The standard InChI is InChI=1S/C20H16F3N3OS/c1-11-3-2-4-13(9-11)17-16(12-5-6-12)18(28-26-17)19(27)25-14-7-8-24-15(10-14)20(21,22)23/h2-4,7-10,12H,5-6H2,1H3,(H,24,25,27). The fourth-order valence-corrected chi connectivity index (χ4v) is 3.95. The molecule has 1 aliphatic carbocycles. The lowest BCUT2D eigenvalue weighted by Gasteiger charge is -2.09. The first-order valence-corrected chi connectivity index (χ1v) is 9.51. The van der Waals surface area contributed by atoms with E-state index in [9.17, 15) is 18.0 Å².